The van der Waals surface area contributed by atoms with E-state index < -0.39 is 6.09 Å². The van der Waals surface area contributed by atoms with Crippen LogP contribution in [-0.2, 0) is 4.74 Å². The molecule has 1 heterocycles. The molecule has 0 radical (unpaired) electrons. The second kappa shape index (κ2) is 4.76. The Kier molecular flexibility index (Phi) is 3.64. The third-order valence-electron chi connectivity index (χ3n) is 1.64. The van der Waals surface area contributed by atoms with Crippen molar-refractivity contribution in [3.63, 3.8) is 0 Å². The van der Waals surface area contributed by atoms with Crippen LogP contribution in [-0.4, -0.2) is 47.3 Å². The third kappa shape index (κ3) is 3.18. The van der Waals surface area contributed by atoms with Gasteiger partial charge in [0.15, 0.2) is 0 Å². The summed E-state index contributed by atoms with van der Waals surface area (Å²) >= 11 is 0. The summed E-state index contributed by atoms with van der Waals surface area (Å²) in [4.78, 5) is 17.1. The minimum absolute atomic E-state index is 0.125. The Morgan fingerprint density at radius 2 is 2.36 bits per heavy atom. The van der Waals surface area contributed by atoms with E-state index in [1.807, 2.05) is 25.9 Å². The number of hydrogen-bond acceptors (Lipinski definition) is 4. The van der Waals surface area contributed by atoms with Crippen LogP contribution in [0.3, 0.4) is 0 Å². The Labute approximate surface area is 83.3 Å². The highest BCUT2D eigenvalue weighted by Crippen LogP contribution is 1.97. The fourth-order valence-electron chi connectivity index (χ4n) is 1.15. The largest absolute Gasteiger partial charge is 0.445 e. The first-order valence-corrected chi connectivity index (χ1v) is 4.43. The van der Waals surface area contributed by atoms with Gasteiger partial charge in [-0.1, -0.05) is 0 Å². The summed E-state index contributed by atoms with van der Waals surface area (Å²) in [5.74, 6) is 0. The maximum atomic E-state index is 11.4. The van der Waals surface area contributed by atoms with Gasteiger partial charge in [-0.3, -0.25) is 0 Å². The maximum Gasteiger partial charge on any atom is 0.419 e. The van der Waals surface area contributed by atoms with Gasteiger partial charge in [-0.25, -0.2) is 14.3 Å². The van der Waals surface area contributed by atoms with Crippen LogP contribution >= 0.6 is 0 Å². The lowest BCUT2D eigenvalue weighted by Gasteiger charge is -2.17. The summed E-state index contributed by atoms with van der Waals surface area (Å²) < 4.78 is 6.46. The minimum Gasteiger partial charge on any atom is -0.445 e. The number of ether oxygens (including phenoxy) is 1. The molecule has 0 bridgehead atoms. The van der Waals surface area contributed by atoms with E-state index in [9.17, 15) is 4.79 Å². The van der Waals surface area contributed by atoms with E-state index in [0.717, 1.165) is 0 Å². The Bertz CT molecular complexity index is 282. The average molecular weight is 197 g/mol. The predicted molar refractivity (Wildman–Crippen MR) is 52.1 cm³/mol. The van der Waals surface area contributed by atoms with Crippen molar-refractivity contribution in [3.8, 4) is 0 Å². The highest BCUT2D eigenvalue weighted by molar-refractivity contribution is 5.70. The molecule has 1 unspecified atom stereocenters. The lowest BCUT2D eigenvalue weighted by atomic mass is 10.4. The summed E-state index contributed by atoms with van der Waals surface area (Å²) in [7, 11) is 3.86. The first-order valence-electron chi connectivity index (χ1n) is 4.43. The van der Waals surface area contributed by atoms with Crippen LogP contribution in [0.2, 0.25) is 0 Å². The van der Waals surface area contributed by atoms with Gasteiger partial charge in [0.05, 0.1) is 0 Å². The fourth-order valence-corrected chi connectivity index (χ4v) is 1.15. The fraction of sp³-hybridized carbons (Fsp3) is 0.556. The lowest BCUT2D eigenvalue weighted by Crippen LogP contribution is -2.29. The van der Waals surface area contributed by atoms with Crippen LogP contribution in [0.25, 0.3) is 0 Å². The molecule has 0 aliphatic carbocycles. The predicted octanol–water partition coefficient (Wildman–Crippen LogP) is 0.818. The number of nitrogens with zero attached hydrogens (tertiary/aromatic N) is 3. The van der Waals surface area contributed by atoms with Gasteiger partial charge in [-0.15, -0.1) is 0 Å². The van der Waals surface area contributed by atoms with Crippen molar-refractivity contribution in [2.75, 3.05) is 20.6 Å². The second-order valence-electron chi connectivity index (χ2n) is 3.43. The number of carbonyl (C=O) groups excluding carboxylic acids is 1. The van der Waals surface area contributed by atoms with E-state index in [-0.39, 0.29) is 6.10 Å². The second-order valence-corrected chi connectivity index (χ2v) is 3.43. The number of hydrogen-bond donors (Lipinski definition) is 0. The number of imidazole rings is 1. The highest BCUT2D eigenvalue weighted by Gasteiger charge is 2.11. The molecule has 1 aromatic heterocycles. The molecule has 0 aromatic carbocycles. The van der Waals surface area contributed by atoms with Crippen LogP contribution in [0.1, 0.15) is 6.92 Å². The normalized spacial score (nSPS) is 12.9. The molecule has 0 N–H and O–H groups in total. The maximum absolute atomic E-state index is 11.4. The molecule has 5 nitrogen and oxygen atoms in total. The Hall–Kier alpha value is -1.36. The summed E-state index contributed by atoms with van der Waals surface area (Å²) in [6, 6.07) is 0. The number of carbonyl (C=O) groups is 1. The van der Waals surface area contributed by atoms with Crippen molar-refractivity contribution < 1.29 is 9.53 Å². The molecular formula is C9H15N3O2. The lowest BCUT2D eigenvalue weighted by molar-refractivity contribution is 0.0920. The van der Waals surface area contributed by atoms with Crippen LogP contribution in [0.4, 0.5) is 4.79 Å². The molecule has 0 amide bonds. The molecule has 1 rings (SSSR count). The van der Waals surface area contributed by atoms with Gasteiger partial charge in [0.25, 0.3) is 0 Å². The van der Waals surface area contributed by atoms with E-state index in [0.29, 0.717) is 6.54 Å². The molecule has 78 valence electrons. The molecule has 0 aliphatic heterocycles. The Morgan fingerprint density at radius 1 is 1.64 bits per heavy atom. The first-order chi connectivity index (χ1) is 6.59. The number of rotatable bonds is 3. The van der Waals surface area contributed by atoms with E-state index in [1.54, 1.807) is 6.20 Å². The monoisotopic (exact) mass is 197 g/mol. The Balaban J connectivity index is 2.41. The van der Waals surface area contributed by atoms with Crippen LogP contribution in [0.15, 0.2) is 18.7 Å². The van der Waals surface area contributed by atoms with Crippen LogP contribution in [0, 0.1) is 0 Å². The minimum atomic E-state index is -0.392. The quantitative estimate of drug-likeness (QED) is 0.719. The van der Waals surface area contributed by atoms with Gasteiger partial charge in [-0.05, 0) is 21.0 Å². The molecular weight excluding hydrogens is 182 g/mol. The van der Waals surface area contributed by atoms with Gasteiger partial charge in [0.1, 0.15) is 12.4 Å². The molecule has 5 heteroatoms. The van der Waals surface area contributed by atoms with E-state index in [1.165, 1.54) is 17.1 Å². The smallest absolute Gasteiger partial charge is 0.419 e. The van der Waals surface area contributed by atoms with Crippen LogP contribution in [0.5, 0.6) is 0 Å². The van der Waals surface area contributed by atoms with Gasteiger partial charge in [-0.2, -0.15) is 0 Å². The zero-order chi connectivity index (χ0) is 10.6. The first kappa shape index (κ1) is 10.7. The van der Waals surface area contributed by atoms with Gasteiger partial charge < -0.3 is 9.64 Å². The van der Waals surface area contributed by atoms with Gasteiger partial charge in [0, 0.05) is 18.9 Å². The Morgan fingerprint density at radius 3 is 2.86 bits per heavy atom. The molecule has 0 aliphatic rings. The molecule has 14 heavy (non-hydrogen) atoms. The highest BCUT2D eigenvalue weighted by atomic mass is 16.6. The molecule has 1 atom stereocenters. The molecule has 0 spiro atoms. The number of likely N-dealkylation sites (N-methyl/N-ethyl adjacent to an activating group) is 1. The topological polar surface area (TPSA) is 47.4 Å². The standard InChI is InChI=1S/C9H15N3O2/c1-8(6-11(2)3)14-9(13)12-5-4-10-7-12/h4-5,7-8H,6H2,1-3H3. The molecule has 1 aromatic rings. The van der Waals surface area contributed by atoms with E-state index in [4.69, 9.17) is 4.74 Å². The van der Waals surface area contributed by atoms with Gasteiger partial charge >= 0.3 is 6.09 Å². The van der Waals surface area contributed by atoms with Crippen molar-refractivity contribution in [2.45, 2.75) is 13.0 Å². The third-order valence-corrected chi connectivity index (χ3v) is 1.64. The average Bonchev–Trinajstić information content (AvgIpc) is 2.53. The SMILES string of the molecule is CC(CN(C)C)OC(=O)n1ccnc1. The van der Waals surface area contributed by atoms with Crippen molar-refractivity contribution in [2.24, 2.45) is 0 Å². The van der Waals surface area contributed by atoms with Crippen LogP contribution < -0.4 is 0 Å². The molecule has 0 fully saturated rings. The van der Waals surface area contributed by atoms with Crippen molar-refractivity contribution in [1.82, 2.24) is 14.5 Å². The van der Waals surface area contributed by atoms with Crippen molar-refractivity contribution >= 4 is 6.09 Å². The molecule has 0 saturated heterocycles. The van der Waals surface area contributed by atoms with Gasteiger partial charge in [0.2, 0.25) is 0 Å². The summed E-state index contributed by atoms with van der Waals surface area (Å²) in [5.41, 5.74) is 0. The van der Waals surface area contributed by atoms with E-state index >= 15 is 0 Å². The molecule has 0 saturated carbocycles. The van der Waals surface area contributed by atoms with Crippen molar-refractivity contribution in [3.05, 3.63) is 18.7 Å². The number of aromatic nitrogens is 2. The van der Waals surface area contributed by atoms with Crippen molar-refractivity contribution in [1.29, 1.82) is 0 Å². The zero-order valence-electron chi connectivity index (χ0n) is 8.67. The zero-order valence-corrected chi connectivity index (χ0v) is 8.67. The summed E-state index contributed by atoms with van der Waals surface area (Å²) in [5, 5.41) is 0. The summed E-state index contributed by atoms with van der Waals surface area (Å²) in [6.07, 6.45) is 4.00. The summed E-state index contributed by atoms with van der Waals surface area (Å²) in [6.45, 7) is 2.56. The van der Waals surface area contributed by atoms with E-state index in [2.05, 4.69) is 4.98 Å².